The Bertz CT molecular complexity index is 442. The number of rotatable bonds is 10. The summed E-state index contributed by atoms with van der Waals surface area (Å²) in [5.41, 5.74) is 0.991. The van der Waals surface area contributed by atoms with Gasteiger partial charge in [0.1, 0.15) is 12.0 Å². The number of nitrogens with zero attached hydrogens (tertiary/aromatic N) is 1. The minimum absolute atomic E-state index is 0.742. The van der Waals surface area contributed by atoms with Gasteiger partial charge in [0.2, 0.25) is 0 Å². The first-order valence-electron chi connectivity index (χ1n) is 7.10. The van der Waals surface area contributed by atoms with Crippen molar-refractivity contribution in [1.29, 1.82) is 0 Å². The Morgan fingerprint density at radius 1 is 0.900 bits per heavy atom. The number of benzene rings is 1. The van der Waals surface area contributed by atoms with E-state index in [9.17, 15) is 0 Å². The van der Waals surface area contributed by atoms with Crippen molar-refractivity contribution in [3.63, 3.8) is 0 Å². The maximum atomic E-state index is 5.61. The fraction of sp³-hybridized carbons (Fsp3) is 0.438. The summed E-state index contributed by atoms with van der Waals surface area (Å²) in [6.45, 7) is 2.30. The molecule has 0 spiro atoms. The van der Waals surface area contributed by atoms with Crippen molar-refractivity contribution in [3.05, 3.63) is 48.4 Å². The van der Waals surface area contributed by atoms with Gasteiger partial charge in [0, 0.05) is 19.3 Å². The lowest BCUT2D eigenvalue weighted by Crippen LogP contribution is -2.02. The normalized spacial score (nSPS) is 10.6. The zero-order valence-corrected chi connectivity index (χ0v) is 11.7. The average Bonchev–Trinajstić information content (AvgIpc) is 3.00. The second-order valence-corrected chi connectivity index (χ2v) is 4.58. The van der Waals surface area contributed by atoms with Crippen LogP contribution in [0.1, 0.15) is 25.0 Å². The van der Waals surface area contributed by atoms with Crippen LogP contribution in [0.15, 0.2) is 47.2 Å². The van der Waals surface area contributed by atoms with Gasteiger partial charge in [0.25, 0.3) is 0 Å². The first kappa shape index (κ1) is 14.6. The smallest absolute Gasteiger partial charge is 0.124 e. The van der Waals surface area contributed by atoms with E-state index in [1.807, 2.05) is 36.4 Å². The lowest BCUT2D eigenvalue weighted by Gasteiger charge is -2.06. The molecule has 0 bridgehead atoms. The molecule has 0 unspecified atom stereocenters. The lowest BCUT2D eigenvalue weighted by molar-refractivity contribution is 0.124. The van der Waals surface area contributed by atoms with Crippen LogP contribution >= 0.6 is 0 Å². The quantitative estimate of drug-likeness (QED) is 0.623. The summed E-state index contributed by atoms with van der Waals surface area (Å²) in [7, 11) is 0. The Morgan fingerprint density at radius 3 is 2.50 bits per heavy atom. The summed E-state index contributed by atoms with van der Waals surface area (Å²) < 4.78 is 15.9. The molecular weight excluding hydrogens is 254 g/mol. The fourth-order valence-corrected chi connectivity index (χ4v) is 1.84. The van der Waals surface area contributed by atoms with E-state index in [0.717, 1.165) is 56.9 Å². The summed E-state index contributed by atoms with van der Waals surface area (Å²) in [4.78, 5) is 0. The van der Waals surface area contributed by atoms with Crippen molar-refractivity contribution in [3.8, 4) is 5.75 Å². The average molecular weight is 275 g/mol. The van der Waals surface area contributed by atoms with Gasteiger partial charge in [-0.25, -0.2) is 0 Å². The van der Waals surface area contributed by atoms with Crippen LogP contribution < -0.4 is 4.74 Å². The van der Waals surface area contributed by atoms with Gasteiger partial charge in [0.05, 0.1) is 12.3 Å². The van der Waals surface area contributed by atoms with Crippen LogP contribution in [0.5, 0.6) is 5.75 Å². The van der Waals surface area contributed by atoms with E-state index in [0.29, 0.717) is 0 Å². The highest BCUT2D eigenvalue weighted by Gasteiger charge is 1.97. The molecule has 1 heterocycles. The van der Waals surface area contributed by atoms with Crippen LogP contribution in [-0.2, 0) is 11.2 Å². The molecule has 0 saturated heterocycles. The molecule has 1 aromatic heterocycles. The van der Waals surface area contributed by atoms with Crippen LogP contribution in [0.3, 0.4) is 0 Å². The van der Waals surface area contributed by atoms with Gasteiger partial charge in [-0.2, -0.15) is 0 Å². The Hall–Kier alpha value is -1.81. The van der Waals surface area contributed by atoms with E-state index < -0.39 is 0 Å². The predicted octanol–water partition coefficient (Wildman–Crippen LogP) is 3.48. The Balaban J connectivity index is 1.39. The van der Waals surface area contributed by atoms with Crippen LogP contribution in [0.25, 0.3) is 0 Å². The van der Waals surface area contributed by atoms with E-state index in [1.54, 1.807) is 6.26 Å². The molecule has 0 aliphatic carbocycles. The van der Waals surface area contributed by atoms with E-state index in [1.165, 1.54) is 0 Å². The van der Waals surface area contributed by atoms with E-state index in [4.69, 9.17) is 14.0 Å². The highest BCUT2D eigenvalue weighted by atomic mass is 16.5. The largest absolute Gasteiger partial charge is 0.494 e. The minimum atomic E-state index is 0.742. The van der Waals surface area contributed by atoms with Crippen molar-refractivity contribution in [2.75, 3.05) is 19.8 Å². The standard InChI is InChI=1S/C16H21NO3/c1-2-8-16(9-3-1)19-13-5-4-11-18-12-6-7-15-10-14-20-17-15/h1-3,8-10,14H,4-7,11-13H2. The first-order chi connectivity index (χ1) is 9.95. The van der Waals surface area contributed by atoms with E-state index in [-0.39, 0.29) is 0 Å². The third kappa shape index (κ3) is 5.89. The molecule has 4 nitrogen and oxygen atoms in total. The molecule has 20 heavy (non-hydrogen) atoms. The second-order valence-electron chi connectivity index (χ2n) is 4.58. The third-order valence-corrected chi connectivity index (χ3v) is 2.91. The summed E-state index contributed by atoms with van der Waals surface area (Å²) >= 11 is 0. The van der Waals surface area contributed by atoms with E-state index >= 15 is 0 Å². The van der Waals surface area contributed by atoms with Crippen molar-refractivity contribution in [2.45, 2.75) is 25.7 Å². The van der Waals surface area contributed by atoms with Crippen molar-refractivity contribution in [1.82, 2.24) is 5.16 Å². The summed E-state index contributed by atoms with van der Waals surface area (Å²) in [5.74, 6) is 0.932. The van der Waals surface area contributed by atoms with Crippen molar-refractivity contribution < 1.29 is 14.0 Å². The maximum absolute atomic E-state index is 5.61. The second kappa shape index (κ2) is 9.15. The van der Waals surface area contributed by atoms with Crippen LogP contribution in [0, 0.1) is 0 Å². The molecule has 0 aliphatic heterocycles. The van der Waals surface area contributed by atoms with Crippen LogP contribution in [-0.4, -0.2) is 25.0 Å². The van der Waals surface area contributed by atoms with Gasteiger partial charge >= 0.3 is 0 Å². The molecule has 0 aliphatic rings. The lowest BCUT2D eigenvalue weighted by atomic mass is 10.2. The molecule has 1 aromatic carbocycles. The molecule has 0 fully saturated rings. The maximum Gasteiger partial charge on any atom is 0.124 e. The molecule has 0 atom stereocenters. The Labute approximate surface area is 119 Å². The van der Waals surface area contributed by atoms with Gasteiger partial charge in [-0.15, -0.1) is 0 Å². The predicted molar refractivity (Wildman–Crippen MR) is 76.8 cm³/mol. The molecular formula is C16H21NO3. The van der Waals surface area contributed by atoms with Gasteiger partial charge in [0.15, 0.2) is 0 Å². The molecule has 2 rings (SSSR count). The summed E-state index contributed by atoms with van der Waals surface area (Å²) in [5, 5.41) is 3.86. The first-order valence-corrected chi connectivity index (χ1v) is 7.10. The van der Waals surface area contributed by atoms with Gasteiger partial charge in [-0.1, -0.05) is 23.4 Å². The summed E-state index contributed by atoms with van der Waals surface area (Å²) in [6, 6.07) is 11.8. The Morgan fingerprint density at radius 2 is 1.70 bits per heavy atom. The molecule has 108 valence electrons. The number of para-hydroxylation sites is 1. The molecule has 0 N–H and O–H groups in total. The molecule has 0 radical (unpaired) electrons. The topological polar surface area (TPSA) is 44.5 Å². The zero-order chi connectivity index (χ0) is 13.9. The monoisotopic (exact) mass is 275 g/mol. The molecule has 4 heteroatoms. The zero-order valence-electron chi connectivity index (χ0n) is 11.7. The van der Waals surface area contributed by atoms with Crippen molar-refractivity contribution >= 4 is 0 Å². The Kier molecular flexibility index (Phi) is 6.68. The molecule has 0 saturated carbocycles. The van der Waals surface area contributed by atoms with Crippen LogP contribution in [0.2, 0.25) is 0 Å². The van der Waals surface area contributed by atoms with Gasteiger partial charge < -0.3 is 14.0 Å². The molecule has 0 amide bonds. The van der Waals surface area contributed by atoms with E-state index in [2.05, 4.69) is 5.16 Å². The van der Waals surface area contributed by atoms with Crippen LogP contribution in [0.4, 0.5) is 0 Å². The number of hydrogen-bond donors (Lipinski definition) is 0. The van der Waals surface area contributed by atoms with Gasteiger partial charge in [-0.3, -0.25) is 0 Å². The number of aromatic nitrogens is 1. The minimum Gasteiger partial charge on any atom is -0.494 e. The van der Waals surface area contributed by atoms with Crippen molar-refractivity contribution in [2.24, 2.45) is 0 Å². The highest BCUT2D eigenvalue weighted by molar-refractivity contribution is 5.20. The SMILES string of the molecule is c1ccc(OCCCCOCCCc2ccon2)cc1. The molecule has 2 aromatic rings. The van der Waals surface area contributed by atoms with Gasteiger partial charge in [-0.05, 0) is 37.8 Å². The highest BCUT2D eigenvalue weighted by Crippen LogP contribution is 2.08. The fourth-order valence-electron chi connectivity index (χ4n) is 1.84. The number of ether oxygens (including phenoxy) is 2. The number of unbranched alkanes of at least 4 members (excludes halogenated alkanes) is 1. The summed E-state index contributed by atoms with van der Waals surface area (Å²) in [6.07, 6.45) is 5.53. The third-order valence-electron chi connectivity index (χ3n) is 2.91. The number of aryl methyl sites for hydroxylation is 1. The number of hydrogen-bond acceptors (Lipinski definition) is 4.